The number of hydrogen-bond acceptors (Lipinski definition) is 5. The first-order valence-corrected chi connectivity index (χ1v) is 6.72. The van der Waals surface area contributed by atoms with Crippen molar-refractivity contribution >= 4 is 17.8 Å². The van der Waals surface area contributed by atoms with Gasteiger partial charge in [-0.1, -0.05) is 0 Å². The molecule has 3 aliphatic rings. The topological polar surface area (TPSA) is 97.0 Å². The van der Waals surface area contributed by atoms with Crippen molar-refractivity contribution in [3.8, 4) is 0 Å². The Labute approximate surface area is 115 Å². The average molecular weight is 283 g/mol. The fourth-order valence-electron chi connectivity index (χ4n) is 2.89. The largest absolute Gasteiger partial charge is 0.376 e. The number of likely N-dealkylation sites (tertiary alicyclic amines) is 1. The van der Waals surface area contributed by atoms with Gasteiger partial charge in [0.25, 0.3) is 11.8 Å². The van der Waals surface area contributed by atoms with Crippen molar-refractivity contribution in [3.05, 3.63) is 0 Å². The summed E-state index contributed by atoms with van der Waals surface area (Å²) in [5.74, 6) is -0.543. The lowest BCUT2D eigenvalue weighted by atomic mass is 9.89. The Balaban J connectivity index is 1.70. The van der Waals surface area contributed by atoms with E-state index in [1.807, 2.05) is 0 Å². The van der Waals surface area contributed by atoms with Crippen molar-refractivity contribution < 1.29 is 23.9 Å². The second-order valence-electron chi connectivity index (χ2n) is 5.29. The highest BCUT2D eigenvalue weighted by atomic mass is 16.6. The summed E-state index contributed by atoms with van der Waals surface area (Å²) in [6.07, 6.45) is 0.586. The van der Waals surface area contributed by atoms with E-state index < -0.39 is 17.7 Å². The molecule has 3 rings (SSSR count). The number of nitrogens with zero attached hydrogens (tertiary/aromatic N) is 1. The highest BCUT2D eigenvalue weighted by Gasteiger charge is 2.50. The SMILES string of the molecule is O=C1NC(=O)C2(CCCN(C(=O)C3COCCO3)C2)N1. The Kier molecular flexibility index (Phi) is 3.35. The van der Waals surface area contributed by atoms with E-state index in [1.165, 1.54) is 0 Å². The normalized spacial score (nSPS) is 34.0. The molecule has 20 heavy (non-hydrogen) atoms. The lowest BCUT2D eigenvalue weighted by Gasteiger charge is -2.39. The molecule has 8 heteroatoms. The number of imide groups is 1. The Morgan fingerprint density at radius 3 is 2.85 bits per heavy atom. The van der Waals surface area contributed by atoms with E-state index in [-0.39, 0.29) is 25.0 Å². The minimum absolute atomic E-state index is 0.183. The molecule has 2 atom stereocenters. The van der Waals surface area contributed by atoms with E-state index >= 15 is 0 Å². The van der Waals surface area contributed by atoms with Crippen LogP contribution in [0, 0.1) is 0 Å². The molecule has 2 N–H and O–H groups in total. The van der Waals surface area contributed by atoms with E-state index in [1.54, 1.807) is 4.90 Å². The number of urea groups is 1. The zero-order valence-corrected chi connectivity index (χ0v) is 11.0. The van der Waals surface area contributed by atoms with Crippen LogP contribution in [0.5, 0.6) is 0 Å². The van der Waals surface area contributed by atoms with Crippen LogP contribution in [0.2, 0.25) is 0 Å². The van der Waals surface area contributed by atoms with Crippen molar-refractivity contribution in [1.82, 2.24) is 15.5 Å². The molecule has 0 saturated carbocycles. The first-order valence-electron chi connectivity index (χ1n) is 6.72. The Bertz CT molecular complexity index is 448. The van der Waals surface area contributed by atoms with Crippen LogP contribution in [0.3, 0.4) is 0 Å². The number of rotatable bonds is 1. The molecule has 1 spiro atoms. The van der Waals surface area contributed by atoms with Crippen LogP contribution in [-0.4, -0.2) is 67.3 Å². The molecule has 0 aliphatic carbocycles. The second-order valence-corrected chi connectivity index (χ2v) is 5.29. The zero-order chi connectivity index (χ0) is 14.2. The molecule has 0 bridgehead atoms. The lowest BCUT2D eigenvalue weighted by molar-refractivity contribution is -0.160. The molecule has 0 radical (unpaired) electrons. The van der Waals surface area contributed by atoms with Gasteiger partial charge in [-0.05, 0) is 12.8 Å². The molecule has 3 heterocycles. The maximum absolute atomic E-state index is 12.4. The van der Waals surface area contributed by atoms with Crippen LogP contribution >= 0.6 is 0 Å². The standard InChI is InChI=1S/C12H17N3O5/c16-9(8-6-19-4-5-20-8)15-3-1-2-12(7-15)10(17)13-11(18)14-12/h8H,1-7H2,(H2,13,14,17,18). The molecule has 3 saturated heterocycles. The minimum atomic E-state index is -0.986. The number of hydrogen-bond donors (Lipinski definition) is 2. The van der Waals surface area contributed by atoms with E-state index in [9.17, 15) is 14.4 Å². The van der Waals surface area contributed by atoms with Gasteiger partial charge in [-0.15, -0.1) is 0 Å². The van der Waals surface area contributed by atoms with Gasteiger partial charge in [0.05, 0.1) is 26.4 Å². The lowest BCUT2D eigenvalue weighted by Crippen LogP contribution is -2.61. The Morgan fingerprint density at radius 1 is 1.35 bits per heavy atom. The first-order chi connectivity index (χ1) is 9.61. The summed E-state index contributed by atoms with van der Waals surface area (Å²) in [6.45, 7) is 1.87. The van der Waals surface area contributed by atoms with Gasteiger partial charge in [0.2, 0.25) is 0 Å². The van der Waals surface area contributed by atoms with Crippen molar-refractivity contribution in [1.29, 1.82) is 0 Å². The number of ether oxygens (including phenoxy) is 2. The van der Waals surface area contributed by atoms with Crippen molar-refractivity contribution in [2.45, 2.75) is 24.5 Å². The van der Waals surface area contributed by atoms with Crippen LogP contribution in [0.1, 0.15) is 12.8 Å². The predicted molar refractivity (Wildman–Crippen MR) is 65.8 cm³/mol. The molecule has 3 aliphatic heterocycles. The molecule has 0 aromatic carbocycles. The molecule has 0 aromatic heterocycles. The van der Waals surface area contributed by atoms with Crippen LogP contribution in [0.4, 0.5) is 4.79 Å². The number of carbonyl (C=O) groups is 3. The number of piperidine rings is 1. The molecule has 8 nitrogen and oxygen atoms in total. The zero-order valence-electron chi connectivity index (χ0n) is 11.0. The van der Waals surface area contributed by atoms with Gasteiger partial charge >= 0.3 is 6.03 Å². The fourth-order valence-corrected chi connectivity index (χ4v) is 2.89. The molecule has 2 unspecified atom stereocenters. The van der Waals surface area contributed by atoms with Gasteiger partial charge in [-0.2, -0.15) is 0 Å². The van der Waals surface area contributed by atoms with Gasteiger partial charge in [-0.3, -0.25) is 14.9 Å². The van der Waals surface area contributed by atoms with Gasteiger partial charge in [-0.25, -0.2) is 4.79 Å². The third-order valence-electron chi connectivity index (χ3n) is 3.91. The summed E-state index contributed by atoms with van der Waals surface area (Å²) in [4.78, 5) is 37.2. The molecule has 0 aromatic rings. The van der Waals surface area contributed by atoms with Crippen molar-refractivity contribution in [3.63, 3.8) is 0 Å². The summed E-state index contributed by atoms with van der Waals surface area (Å²) < 4.78 is 10.6. The van der Waals surface area contributed by atoms with Gasteiger partial charge < -0.3 is 19.7 Å². The summed E-state index contributed by atoms with van der Waals surface area (Å²) in [5, 5.41) is 4.87. The monoisotopic (exact) mass is 283 g/mol. The van der Waals surface area contributed by atoms with Crippen LogP contribution in [0.15, 0.2) is 0 Å². The molecular formula is C12H17N3O5. The summed E-state index contributed by atoms with van der Waals surface area (Å²) >= 11 is 0. The molecule has 3 fully saturated rings. The fraction of sp³-hybridized carbons (Fsp3) is 0.750. The van der Waals surface area contributed by atoms with E-state index in [0.717, 1.165) is 0 Å². The van der Waals surface area contributed by atoms with E-state index in [2.05, 4.69) is 10.6 Å². The summed E-state index contributed by atoms with van der Waals surface area (Å²) in [5.41, 5.74) is -0.986. The third-order valence-corrected chi connectivity index (χ3v) is 3.91. The maximum Gasteiger partial charge on any atom is 0.322 e. The van der Waals surface area contributed by atoms with Gasteiger partial charge in [0.15, 0.2) is 6.10 Å². The van der Waals surface area contributed by atoms with Gasteiger partial charge in [0.1, 0.15) is 5.54 Å². The van der Waals surface area contributed by atoms with Gasteiger partial charge in [0, 0.05) is 6.54 Å². The highest BCUT2D eigenvalue weighted by Crippen LogP contribution is 2.25. The number of amides is 4. The Morgan fingerprint density at radius 2 is 2.20 bits per heavy atom. The predicted octanol–water partition coefficient (Wildman–Crippen LogP) is -1.40. The van der Waals surface area contributed by atoms with Crippen LogP contribution < -0.4 is 10.6 Å². The van der Waals surface area contributed by atoms with Crippen LogP contribution in [-0.2, 0) is 19.1 Å². The number of nitrogens with one attached hydrogen (secondary N) is 2. The average Bonchev–Trinajstić information content (AvgIpc) is 2.73. The molecule has 110 valence electrons. The molecular weight excluding hydrogens is 266 g/mol. The summed E-state index contributed by atoms with van der Waals surface area (Å²) in [6, 6.07) is -0.499. The highest BCUT2D eigenvalue weighted by molar-refractivity contribution is 6.07. The van der Waals surface area contributed by atoms with E-state index in [0.29, 0.717) is 32.6 Å². The number of carbonyl (C=O) groups excluding carboxylic acids is 3. The van der Waals surface area contributed by atoms with Crippen molar-refractivity contribution in [2.24, 2.45) is 0 Å². The smallest absolute Gasteiger partial charge is 0.322 e. The third kappa shape index (κ3) is 2.25. The maximum atomic E-state index is 12.4. The quantitative estimate of drug-likeness (QED) is 0.577. The second kappa shape index (κ2) is 5.02. The first kappa shape index (κ1) is 13.3. The summed E-state index contributed by atoms with van der Waals surface area (Å²) in [7, 11) is 0. The minimum Gasteiger partial charge on any atom is -0.376 e. The van der Waals surface area contributed by atoms with Crippen LogP contribution in [0.25, 0.3) is 0 Å². The Hall–Kier alpha value is -1.67. The van der Waals surface area contributed by atoms with Crippen molar-refractivity contribution in [2.75, 3.05) is 32.9 Å². The molecule has 4 amide bonds. The van der Waals surface area contributed by atoms with E-state index in [4.69, 9.17) is 9.47 Å².